The topological polar surface area (TPSA) is 75.2 Å². The number of anilines is 1. The Kier molecular flexibility index (Phi) is 5.40. The lowest BCUT2D eigenvalue weighted by atomic mass is 9.87. The zero-order valence-corrected chi connectivity index (χ0v) is 16.2. The first-order chi connectivity index (χ1) is 14.0. The number of nitrogens with one attached hydrogen (secondary N) is 1. The molecule has 0 unspecified atom stereocenters. The second-order valence-corrected chi connectivity index (χ2v) is 7.38. The maximum absolute atomic E-state index is 13.7. The molecule has 1 fully saturated rings. The highest BCUT2D eigenvalue weighted by atomic mass is 35.5. The van der Waals surface area contributed by atoms with Crippen molar-refractivity contribution < 1.29 is 14.0 Å². The summed E-state index contributed by atoms with van der Waals surface area (Å²) in [6, 6.07) is 9.59. The molecule has 3 aromatic rings. The lowest BCUT2D eigenvalue weighted by molar-refractivity contribution is -0.143. The van der Waals surface area contributed by atoms with Gasteiger partial charge in [-0.15, -0.1) is 0 Å². The van der Waals surface area contributed by atoms with E-state index in [1.54, 1.807) is 18.3 Å². The maximum Gasteiger partial charge on any atom is 0.315 e. The Morgan fingerprint density at radius 3 is 2.62 bits per heavy atom. The summed E-state index contributed by atoms with van der Waals surface area (Å²) in [6.45, 7) is 0.897. The van der Waals surface area contributed by atoms with Crippen molar-refractivity contribution in [2.24, 2.45) is 0 Å². The van der Waals surface area contributed by atoms with E-state index in [0.717, 1.165) is 16.5 Å². The molecule has 148 valence electrons. The molecule has 6 nitrogen and oxygen atoms in total. The predicted octanol–water partition coefficient (Wildman–Crippen LogP) is 3.77. The fraction of sp³-hybridized carbons (Fsp3) is 0.238. The number of fused-ring (bicyclic) bond motifs is 1. The highest BCUT2D eigenvalue weighted by Crippen LogP contribution is 2.32. The molecule has 0 spiro atoms. The average Bonchev–Trinajstić information content (AvgIpc) is 2.74. The fourth-order valence-electron chi connectivity index (χ4n) is 3.65. The highest BCUT2D eigenvalue weighted by Gasteiger charge is 2.28. The highest BCUT2D eigenvalue weighted by molar-refractivity contribution is 6.39. The van der Waals surface area contributed by atoms with Gasteiger partial charge in [-0.1, -0.05) is 11.6 Å². The number of aromatic nitrogens is 2. The Hall–Kier alpha value is -3.06. The van der Waals surface area contributed by atoms with Crippen LogP contribution in [0, 0.1) is 5.82 Å². The number of likely N-dealkylation sites (tertiary alicyclic amines) is 1. The van der Waals surface area contributed by atoms with Gasteiger partial charge in [0.05, 0.1) is 10.5 Å². The van der Waals surface area contributed by atoms with Crippen LogP contribution in [-0.2, 0) is 9.59 Å². The second kappa shape index (κ2) is 8.13. The van der Waals surface area contributed by atoms with Crippen molar-refractivity contribution >= 4 is 40.1 Å². The van der Waals surface area contributed by atoms with Crippen LogP contribution in [0.4, 0.5) is 10.2 Å². The largest absolute Gasteiger partial charge is 0.334 e. The number of piperidine rings is 1. The van der Waals surface area contributed by atoms with Crippen LogP contribution in [0.5, 0.6) is 0 Å². The van der Waals surface area contributed by atoms with Crippen LogP contribution in [0.15, 0.2) is 48.8 Å². The normalized spacial score (nSPS) is 14.8. The lowest BCUT2D eigenvalue weighted by Gasteiger charge is -2.32. The first kappa shape index (κ1) is 19.3. The SMILES string of the molecule is O=C(Nc1ccc(Cl)cn1)C(=O)N1CCC(c2ccnc3ccc(F)cc23)CC1. The molecule has 1 aromatic carbocycles. The summed E-state index contributed by atoms with van der Waals surface area (Å²) >= 11 is 5.77. The van der Waals surface area contributed by atoms with E-state index < -0.39 is 11.8 Å². The Labute approximate surface area is 171 Å². The molecule has 0 aliphatic carbocycles. The molecule has 1 aliphatic rings. The van der Waals surface area contributed by atoms with E-state index in [9.17, 15) is 14.0 Å². The van der Waals surface area contributed by atoms with E-state index in [4.69, 9.17) is 11.6 Å². The molecule has 4 rings (SSSR count). The molecule has 2 aromatic heterocycles. The van der Waals surface area contributed by atoms with Crippen molar-refractivity contribution in [3.63, 3.8) is 0 Å². The molecule has 0 radical (unpaired) electrons. The fourth-order valence-corrected chi connectivity index (χ4v) is 3.76. The number of amides is 2. The van der Waals surface area contributed by atoms with Crippen molar-refractivity contribution in [2.45, 2.75) is 18.8 Å². The summed E-state index contributed by atoms with van der Waals surface area (Å²) in [6.07, 6.45) is 4.50. The predicted molar refractivity (Wildman–Crippen MR) is 108 cm³/mol. The quantitative estimate of drug-likeness (QED) is 0.650. The molecule has 1 aliphatic heterocycles. The molecule has 1 N–H and O–H groups in total. The monoisotopic (exact) mass is 412 g/mol. The first-order valence-electron chi connectivity index (χ1n) is 9.27. The van der Waals surface area contributed by atoms with Crippen LogP contribution in [0.25, 0.3) is 10.9 Å². The van der Waals surface area contributed by atoms with Crippen LogP contribution >= 0.6 is 11.6 Å². The van der Waals surface area contributed by atoms with Crippen molar-refractivity contribution in [3.05, 3.63) is 65.2 Å². The maximum atomic E-state index is 13.7. The van der Waals surface area contributed by atoms with E-state index in [0.29, 0.717) is 31.0 Å². The molecule has 0 atom stereocenters. The van der Waals surface area contributed by atoms with Gasteiger partial charge in [-0.3, -0.25) is 14.6 Å². The standard InChI is InChI=1S/C21H18ClFN4O2/c22-14-1-4-19(25-12-14)26-20(28)21(29)27-9-6-13(7-10-27)16-5-8-24-18-3-2-15(23)11-17(16)18/h1-5,8,11-13H,6-7,9-10H2,(H,25,26,28). The van der Waals surface area contributed by atoms with Crippen LogP contribution < -0.4 is 5.32 Å². The molecule has 0 saturated carbocycles. The van der Waals surface area contributed by atoms with Gasteiger partial charge in [0.15, 0.2) is 0 Å². The minimum absolute atomic E-state index is 0.173. The van der Waals surface area contributed by atoms with Crippen LogP contribution in [0.1, 0.15) is 24.3 Å². The summed E-state index contributed by atoms with van der Waals surface area (Å²) in [5.41, 5.74) is 1.77. The van der Waals surface area contributed by atoms with E-state index in [1.165, 1.54) is 29.3 Å². The number of hydrogen-bond acceptors (Lipinski definition) is 4. The summed E-state index contributed by atoms with van der Waals surface area (Å²) in [7, 11) is 0. The first-order valence-corrected chi connectivity index (χ1v) is 9.65. The van der Waals surface area contributed by atoms with E-state index in [-0.39, 0.29) is 17.6 Å². The minimum atomic E-state index is -0.727. The molecule has 0 bridgehead atoms. The van der Waals surface area contributed by atoms with E-state index in [2.05, 4.69) is 15.3 Å². The van der Waals surface area contributed by atoms with Crippen molar-refractivity contribution in [3.8, 4) is 0 Å². The number of nitrogens with zero attached hydrogens (tertiary/aromatic N) is 3. The molecule has 29 heavy (non-hydrogen) atoms. The lowest BCUT2D eigenvalue weighted by Crippen LogP contribution is -2.43. The Bertz CT molecular complexity index is 1070. The van der Waals surface area contributed by atoms with Gasteiger partial charge in [0.1, 0.15) is 11.6 Å². The molecule has 3 heterocycles. The third-order valence-electron chi connectivity index (χ3n) is 5.12. The molecule has 1 saturated heterocycles. The van der Waals surface area contributed by atoms with Crippen LogP contribution in [-0.4, -0.2) is 39.8 Å². The summed E-state index contributed by atoms with van der Waals surface area (Å²) in [4.78, 5) is 34.5. The number of carbonyl (C=O) groups is 2. The zero-order chi connectivity index (χ0) is 20.4. The molecular weight excluding hydrogens is 395 g/mol. The van der Waals surface area contributed by atoms with Crippen LogP contribution in [0.3, 0.4) is 0 Å². The van der Waals surface area contributed by atoms with Gasteiger partial charge in [0.2, 0.25) is 0 Å². The number of rotatable bonds is 2. The van der Waals surface area contributed by atoms with Crippen molar-refractivity contribution in [1.29, 1.82) is 0 Å². The van der Waals surface area contributed by atoms with Crippen molar-refractivity contribution in [2.75, 3.05) is 18.4 Å². The second-order valence-electron chi connectivity index (χ2n) is 6.94. The number of hydrogen-bond donors (Lipinski definition) is 1. The number of benzene rings is 1. The van der Waals surface area contributed by atoms with Gasteiger partial charge >= 0.3 is 11.8 Å². The van der Waals surface area contributed by atoms with Gasteiger partial charge in [0, 0.05) is 30.9 Å². The van der Waals surface area contributed by atoms with Gasteiger partial charge in [-0.2, -0.15) is 0 Å². The Balaban J connectivity index is 1.41. The number of carbonyl (C=O) groups excluding carboxylic acids is 2. The number of pyridine rings is 2. The molecular formula is C21H18ClFN4O2. The smallest absolute Gasteiger partial charge is 0.315 e. The summed E-state index contributed by atoms with van der Waals surface area (Å²) in [5.74, 6) is -1.17. The zero-order valence-electron chi connectivity index (χ0n) is 15.4. The third kappa shape index (κ3) is 4.19. The van der Waals surface area contributed by atoms with E-state index in [1.807, 2.05) is 6.07 Å². The van der Waals surface area contributed by atoms with Gasteiger partial charge in [0.25, 0.3) is 0 Å². The Morgan fingerprint density at radius 2 is 1.90 bits per heavy atom. The van der Waals surface area contributed by atoms with Crippen LogP contribution in [0.2, 0.25) is 5.02 Å². The summed E-state index contributed by atoms with van der Waals surface area (Å²) in [5, 5.41) is 3.73. The molecule has 2 amide bonds. The molecule has 8 heteroatoms. The van der Waals surface area contributed by atoms with Gasteiger partial charge in [-0.05, 0) is 60.7 Å². The average molecular weight is 413 g/mol. The Morgan fingerprint density at radius 1 is 1.10 bits per heavy atom. The van der Waals surface area contributed by atoms with E-state index >= 15 is 0 Å². The minimum Gasteiger partial charge on any atom is -0.334 e. The van der Waals surface area contributed by atoms with Gasteiger partial charge < -0.3 is 10.2 Å². The third-order valence-corrected chi connectivity index (χ3v) is 5.35. The summed E-state index contributed by atoms with van der Waals surface area (Å²) < 4.78 is 13.7. The number of halogens is 2. The van der Waals surface area contributed by atoms with Gasteiger partial charge in [-0.25, -0.2) is 9.37 Å². The van der Waals surface area contributed by atoms with Crippen molar-refractivity contribution in [1.82, 2.24) is 14.9 Å².